The molecule has 0 atom stereocenters. The Hall–Kier alpha value is -3.41. The molecule has 6 heteroatoms. The lowest BCUT2D eigenvalue weighted by molar-refractivity contribution is 0.0404. The molecule has 0 bridgehead atoms. The Bertz CT molecular complexity index is 1120. The number of hydrogen-bond acceptors (Lipinski definition) is 6. The number of fused-ring (bicyclic) bond motifs is 2. The molecule has 0 amide bonds. The molecular weight excluding hydrogens is 322 g/mol. The van der Waals surface area contributed by atoms with Gasteiger partial charge in [0.1, 0.15) is 11.1 Å². The summed E-state index contributed by atoms with van der Waals surface area (Å²) in [4.78, 5) is 28.5. The summed E-state index contributed by atoms with van der Waals surface area (Å²) in [6.45, 7) is 1.73. The van der Waals surface area contributed by atoms with Crippen molar-refractivity contribution in [3.63, 3.8) is 0 Å². The van der Waals surface area contributed by atoms with Crippen molar-refractivity contribution in [3.05, 3.63) is 76.0 Å². The monoisotopic (exact) mass is 335 g/mol. The van der Waals surface area contributed by atoms with Gasteiger partial charge in [0, 0.05) is 6.07 Å². The number of nitrogens with zero attached hydrogens (tertiary/aromatic N) is 1. The second-order valence-electron chi connectivity index (χ2n) is 5.63. The minimum Gasteiger partial charge on any atom is -0.450 e. The van der Waals surface area contributed by atoms with Crippen molar-refractivity contribution in [2.45, 2.75) is 13.5 Å². The molecule has 124 valence electrons. The van der Waals surface area contributed by atoms with E-state index in [0.717, 1.165) is 11.6 Å². The van der Waals surface area contributed by atoms with E-state index in [1.165, 1.54) is 0 Å². The lowest BCUT2D eigenvalue weighted by Crippen LogP contribution is -2.10. The molecule has 0 aliphatic carbocycles. The third-order valence-corrected chi connectivity index (χ3v) is 3.75. The SMILES string of the molecule is Cc1ccc2oc(C(=O)OCc3nc4ccccc4o3)cc(=O)c2c1. The van der Waals surface area contributed by atoms with Crippen molar-refractivity contribution >= 4 is 28.0 Å². The number of carbonyl (C=O) groups is 1. The van der Waals surface area contributed by atoms with Crippen molar-refractivity contribution in [1.82, 2.24) is 4.98 Å². The molecule has 4 aromatic rings. The Kier molecular flexibility index (Phi) is 3.57. The fourth-order valence-electron chi connectivity index (χ4n) is 2.55. The summed E-state index contributed by atoms with van der Waals surface area (Å²) in [5, 5.41) is 0.426. The summed E-state index contributed by atoms with van der Waals surface area (Å²) in [6.07, 6.45) is 0. The van der Waals surface area contributed by atoms with Crippen LogP contribution in [-0.2, 0) is 11.3 Å². The average Bonchev–Trinajstić information content (AvgIpc) is 3.03. The first-order valence-corrected chi connectivity index (χ1v) is 7.66. The zero-order valence-corrected chi connectivity index (χ0v) is 13.3. The van der Waals surface area contributed by atoms with Crippen LogP contribution in [0.5, 0.6) is 0 Å². The van der Waals surface area contributed by atoms with Crippen LogP contribution in [0.4, 0.5) is 0 Å². The molecule has 0 aliphatic heterocycles. The maximum absolute atomic E-state index is 12.2. The van der Waals surface area contributed by atoms with E-state index in [2.05, 4.69) is 4.98 Å². The molecule has 0 saturated heterocycles. The molecule has 0 aliphatic rings. The van der Waals surface area contributed by atoms with E-state index in [9.17, 15) is 9.59 Å². The Morgan fingerprint density at radius 1 is 1.08 bits per heavy atom. The third-order valence-electron chi connectivity index (χ3n) is 3.75. The quantitative estimate of drug-likeness (QED) is 0.532. The maximum Gasteiger partial charge on any atom is 0.374 e. The van der Waals surface area contributed by atoms with Gasteiger partial charge in [0.2, 0.25) is 11.7 Å². The highest BCUT2D eigenvalue weighted by Crippen LogP contribution is 2.17. The molecule has 4 rings (SSSR count). The van der Waals surface area contributed by atoms with Crippen LogP contribution in [0.3, 0.4) is 0 Å². The van der Waals surface area contributed by atoms with E-state index in [1.807, 2.05) is 19.1 Å². The lowest BCUT2D eigenvalue weighted by atomic mass is 10.1. The zero-order valence-electron chi connectivity index (χ0n) is 13.3. The van der Waals surface area contributed by atoms with Crippen LogP contribution in [0.15, 0.2) is 62.2 Å². The Balaban J connectivity index is 1.57. The number of para-hydroxylation sites is 2. The first-order valence-electron chi connectivity index (χ1n) is 7.66. The molecule has 0 radical (unpaired) electrons. The van der Waals surface area contributed by atoms with Gasteiger partial charge in [-0.1, -0.05) is 23.8 Å². The van der Waals surface area contributed by atoms with Gasteiger partial charge < -0.3 is 13.6 Å². The molecule has 0 saturated carbocycles. The summed E-state index contributed by atoms with van der Waals surface area (Å²) in [5.74, 6) is -0.632. The Morgan fingerprint density at radius 2 is 1.92 bits per heavy atom. The van der Waals surface area contributed by atoms with Crippen molar-refractivity contribution in [2.75, 3.05) is 0 Å². The van der Waals surface area contributed by atoms with Crippen LogP contribution in [0.25, 0.3) is 22.1 Å². The third kappa shape index (κ3) is 2.89. The largest absolute Gasteiger partial charge is 0.450 e. The summed E-state index contributed by atoms with van der Waals surface area (Å²) < 4.78 is 16.1. The second kappa shape index (κ2) is 5.90. The number of aryl methyl sites for hydroxylation is 1. The van der Waals surface area contributed by atoms with Gasteiger partial charge in [-0.3, -0.25) is 4.79 Å². The van der Waals surface area contributed by atoms with E-state index < -0.39 is 5.97 Å². The summed E-state index contributed by atoms with van der Waals surface area (Å²) in [6, 6.07) is 13.6. The lowest BCUT2D eigenvalue weighted by Gasteiger charge is -2.03. The molecule has 2 aromatic carbocycles. The molecule has 25 heavy (non-hydrogen) atoms. The maximum atomic E-state index is 12.2. The van der Waals surface area contributed by atoms with Crippen LogP contribution < -0.4 is 5.43 Å². The van der Waals surface area contributed by atoms with Crippen molar-refractivity contribution in [2.24, 2.45) is 0 Å². The molecule has 0 N–H and O–H groups in total. The number of ether oxygens (including phenoxy) is 1. The number of oxazole rings is 1. The van der Waals surface area contributed by atoms with Crippen LogP contribution >= 0.6 is 0 Å². The number of hydrogen-bond donors (Lipinski definition) is 0. The van der Waals surface area contributed by atoms with E-state index in [-0.39, 0.29) is 23.7 Å². The standard InChI is InChI=1S/C19H13NO5/c1-11-6-7-15-12(8-11)14(21)9-17(24-15)19(22)23-10-18-20-13-4-2-3-5-16(13)25-18/h2-9H,10H2,1H3. The normalized spacial score (nSPS) is 11.1. The number of rotatable bonds is 3. The van der Waals surface area contributed by atoms with Gasteiger partial charge in [-0.25, -0.2) is 9.78 Å². The minimum absolute atomic E-state index is 0.150. The predicted molar refractivity (Wildman–Crippen MR) is 90.3 cm³/mol. The zero-order chi connectivity index (χ0) is 17.4. The van der Waals surface area contributed by atoms with Crippen molar-refractivity contribution in [1.29, 1.82) is 0 Å². The van der Waals surface area contributed by atoms with Gasteiger partial charge in [-0.05, 0) is 31.2 Å². The smallest absolute Gasteiger partial charge is 0.374 e. The van der Waals surface area contributed by atoms with Gasteiger partial charge in [-0.15, -0.1) is 0 Å². The van der Waals surface area contributed by atoms with Gasteiger partial charge in [0.05, 0.1) is 5.39 Å². The summed E-state index contributed by atoms with van der Waals surface area (Å²) in [5.41, 5.74) is 2.28. The highest BCUT2D eigenvalue weighted by molar-refractivity contribution is 5.89. The van der Waals surface area contributed by atoms with Crippen molar-refractivity contribution < 1.29 is 18.4 Å². The molecular formula is C19H13NO5. The average molecular weight is 335 g/mol. The summed E-state index contributed by atoms with van der Waals surface area (Å²) in [7, 11) is 0. The van der Waals surface area contributed by atoms with Crippen LogP contribution in [0.2, 0.25) is 0 Å². The van der Waals surface area contributed by atoms with Crippen LogP contribution in [0.1, 0.15) is 22.0 Å². The first kappa shape index (κ1) is 15.1. The van der Waals surface area contributed by atoms with Gasteiger partial charge in [0.25, 0.3) is 0 Å². The van der Waals surface area contributed by atoms with Crippen molar-refractivity contribution in [3.8, 4) is 0 Å². The minimum atomic E-state index is -0.748. The molecule has 2 heterocycles. The molecule has 0 unspecified atom stereocenters. The fraction of sp³-hybridized carbons (Fsp3) is 0.105. The number of esters is 1. The Labute approximate surface area is 141 Å². The van der Waals surface area contributed by atoms with E-state index in [4.69, 9.17) is 13.6 Å². The molecule has 6 nitrogen and oxygen atoms in total. The van der Waals surface area contributed by atoms with E-state index in [0.29, 0.717) is 22.1 Å². The number of aromatic nitrogens is 1. The summed E-state index contributed by atoms with van der Waals surface area (Å²) >= 11 is 0. The molecule has 2 aromatic heterocycles. The fourth-order valence-corrected chi connectivity index (χ4v) is 2.55. The molecule has 0 spiro atoms. The predicted octanol–water partition coefficient (Wildman–Crippen LogP) is 3.60. The topological polar surface area (TPSA) is 82.5 Å². The highest BCUT2D eigenvalue weighted by Gasteiger charge is 2.15. The van der Waals surface area contributed by atoms with Crippen LogP contribution in [-0.4, -0.2) is 11.0 Å². The van der Waals surface area contributed by atoms with Crippen LogP contribution in [0, 0.1) is 6.92 Å². The van der Waals surface area contributed by atoms with Gasteiger partial charge in [-0.2, -0.15) is 0 Å². The molecule has 0 fully saturated rings. The van der Waals surface area contributed by atoms with Gasteiger partial charge >= 0.3 is 5.97 Å². The van der Waals surface area contributed by atoms with E-state index in [1.54, 1.807) is 30.3 Å². The van der Waals surface area contributed by atoms with E-state index >= 15 is 0 Å². The second-order valence-corrected chi connectivity index (χ2v) is 5.63. The number of carbonyl (C=O) groups excluding carboxylic acids is 1. The Morgan fingerprint density at radius 3 is 2.76 bits per heavy atom. The first-order chi connectivity index (χ1) is 12.1. The van der Waals surface area contributed by atoms with Gasteiger partial charge in [0.15, 0.2) is 17.6 Å². The number of benzene rings is 2. The highest BCUT2D eigenvalue weighted by atomic mass is 16.6.